The minimum Gasteiger partial charge on any atom is -0.231 e. The van der Waals surface area contributed by atoms with Gasteiger partial charge in [0.1, 0.15) is 5.52 Å². The van der Waals surface area contributed by atoms with Crippen molar-refractivity contribution in [2.75, 3.05) is 0 Å². The van der Waals surface area contributed by atoms with Gasteiger partial charge >= 0.3 is 0 Å². The molecule has 0 radical (unpaired) electrons. The lowest BCUT2D eigenvalue weighted by Crippen LogP contribution is -1.95. The molecule has 2 heterocycles. The summed E-state index contributed by atoms with van der Waals surface area (Å²) in [5.41, 5.74) is 3.50. The van der Waals surface area contributed by atoms with Gasteiger partial charge in [-0.25, -0.2) is 4.52 Å². The second-order valence-electron chi connectivity index (χ2n) is 9.23. The predicted molar refractivity (Wildman–Crippen MR) is 140 cm³/mol. The van der Waals surface area contributed by atoms with Crippen LogP contribution < -0.4 is 0 Å². The summed E-state index contributed by atoms with van der Waals surface area (Å²) in [4.78, 5) is 0. The third kappa shape index (κ3) is 1.78. The van der Waals surface area contributed by atoms with Gasteiger partial charge in [0, 0.05) is 21.5 Å². The van der Waals surface area contributed by atoms with Crippen molar-refractivity contribution in [2.45, 2.75) is 0 Å². The highest BCUT2D eigenvalue weighted by Gasteiger charge is 2.21. The normalized spacial score (nSPS) is 12.8. The fourth-order valence-electron chi connectivity index (χ4n) is 6.27. The largest absolute Gasteiger partial charge is 0.231 e. The SMILES string of the molecule is c1ccc2c(c1)cc1ccc3c4ccc5cc6ccccc6c6nn(c7ccc2c1c37)c4c56. The van der Waals surface area contributed by atoms with Gasteiger partial charge in [-0.2, -0.15) is 5.10 Å². The third-order valence-electron chi connectivity index (χ3n) is 7.64. The Balaban J connectivity index is 1.63. The fourth-order valence-corrected chi connectivity index (χ4v) is 6.27. The molecule has 0 unspecified atom stereocenters. The van der Waals surface area contributed by atoms with Gasteiger partial charge in [-0.15, -0.1) is 0 Å². The summed E-state index contributed by atoms with van der Waals surface area (Å²) in [6.45, 7) is 0. The minimum atomic E-state index is 1.09. The van der Waals surface area contributed by atoms with E-state index in [1.54, 1.807) is 0 Å². The van der Waals surface area contributed by atoms with Gasteiger partial charge in [0.25, 0.3) is 0 Å². The summed E-state index contributed by atoms with van der Waals surface area (Å²) in [5.74, 6) is 0. The van der Waals surface area contributed by atoms with Crippen LogP contribution in [-0.2, 0) is 0 Å². The van der Waals surface area contributed by atoms with Crippen molar-refractivity contribution < 1.29 is 0 Å². The van der Waals surface area contributed by atoms with Crippen LogP contribution in [0.25, 0.3) is 81.2 Å². The van der Waals surface area contributed by atoms with E-state index in [9.17, 15) is 0 Å². The molecular weight excluding hydrogens is 400 g/mol. The van der Waals surface area contributed by atoms with Gasteiger partial charge in [0.2, 0.25) is 0 Å². The molecule has 0 N–H and O–H groups in total. The van der Waals surface area contributed by atoms with Crippen molar-refractivity contribution >= 4 is 81.2 Å². The maximum absolute atomic E-state index is 5.25. The van der Waals surface area contributed by atoms with E-state index in [4.69, 9.17) is 5.10 Å². The molecule has 7 aromatic carbocycles. The Labute approximate surface area is 187 Å². The number of pyridine rings is 1. The molecule has 0 saturated carbocycles. The van der Waals surface area contributed by atoms with E-state index in [2.05, 4.69) is 102 Å². The highest BCUT2D eigenvalue weighted by Crippen LogP contribution is 2.44. The lowest BCUT2D eigenvalue weighted by atomic mass is 9.90. The van der Waals surface area contributed by atoms with Crippen molar-refractivity contribution in [1.29, 1.82) is 0 Å². The number of rotatable bonds is 0. The topological polar surface area (TPSA) is 17.3 Å². The molecule has 0 amide bonds. The Morgan fingerprint density at radius 3 is 1.94 bits per heavy atom. The molecule has 9 rings (SSSR count). The van der Waals surface area contributed by atoms with Crippen molar-refractivity contribution in [2.24, 2.45) is 0 Å². The summed E-state index contributed by atoms with van der Waals surface area (Å²) in [6.07, 6.45) is 0. The van der Waals surface area contributed by atoms with Crippen LogP contribution in [0, 0.1) is 0 Å². The first-order valence-corrected chi connectivity index (χ1v) is 11.4. The fraction of sp³-hybridized carbons (Fsp3) is 0. The number of hydrogen-bond acceptors (Lipinski definition) is 1. The molecule has 33 heavy (non-hydrogen) atoms. The number of aromatic nitrogens is 2. The Morgan fingerprint density at radius 1 is 0.455 bits per heavy atom. The first-order valence-electron chi connectivity index (χ1n) is 11.4. The molecule has 0 spiro atoms. The Morgan fingerprint density at radius 2 is 1.09 bits per heavy atom. The van der Waals surface area contributed by atoms with E-state index in [1.807, 2.05) is 0 Å². The van der Waals surface area contributed by atoms with Crippen LogP contribution in [0.1, 0.15) is 0 Å². The predicted octanol–water partition coefficient (Wildman–Crippen LogP) is 8.28. The molecule has 0 atom stereocenters. The third-order valence-corrected chi connectivity index (χ3v) is 7.64. The van der Waals surface area contributed by atoms with Crippen LogP contribution in [0.5, 0.6) is 0 Å². The van der Waals surface area contributed by atoms with Gasteiger partial charge in [-0.3, -0.25) is 0 Å². The first kappa shape index (κ1) is 16.2. The Bertz CT molecular complexity index is 2230. The Hall–Kier alpha value is -4.43. The minimum absolute atomic E-state index is 1.09. The van der Waals surface area contributed by atoms with Gasteiger partial charge in [0.05, 0.1) is 11.0 Å². The van der Waals surface area contributed by atoms with E-state index < -0.39 is 0 Å². The van der Waals surface area contributed by atoms with Crippen molar-refractivity contribution in [1.82, 2.24) is 9.61 Å². The van der Waals surface area contributed by atoms with Crippen LogP contribution in [0.3, 0.4) is 0 Å². The van der Waals surface area contributed by atoms with Gasteiger partial charge in [-0.05, 0) is 61.3 Å². The lowest BCUT2D eigenvalue weighted by molar-refractivity contribution is 1.04. The molecule has 2 heteroatoms. The van der Waals surface area contributed by atoms with Crippen LogP contribution in [0.4, 0.5) is 0 Å². The maximum atomic E-state index is 5.25. The van der Waals surface area contributed by atoms with Gasteiger partial charge in [-0.1, -0.05) is 78.9 Å². The smallest absolute Gasteiger partial charge is 0.102 e. The summed E-state index contributed by atoms with van der Waals surface area (Å²) >= 11 is 0. The summed E-state index contributed by atoms with van der Waals surface area (Å²) < 4.78 is 2.20. The average molecular weight is 416 g/mol. The number of hydrogen-bond donors (Lipinski definition) is 0. The van der Waals surface area contributed by atoms with E-state index in [-0.39, 0.29) is 0 Å². The number of nitrogens with zero attached hydrogens (tertiary/aromatic N) is 2. The van der Waals surface area contributed by atoms with E-state index >= 15 is 0 Å². The van der Waals surface area contributed by atoms with E-state index in [0.29, 0.717) is 0 Å². The first-order chi connectivity index (χ1) is 16.4. The molecule has 0 aliphatic carbocycles. The molecular formula is C31H16N2. The van der Waals surface area contributed by atoms with Crippen LogP contribution in [0.15, 0.2) is 97.1 Å². The zero-order valence-electron chi connectivity index (χ0n) is 17.6. The highest BCUT2D eigenvalue weighted by molar-refractivity contribution is 6.34. The molecule has 0 bridgehead atoms. The van der Waals surface area contributed by atoms with Gasteiger partial charge in [0.15, 0.2) is 0 Å². The molecule has 150 valence electrons. The zero-order chi connectivity index (χ0) is 21.3. The quantitative estimate of drug-likeness (QED) is 0.180. The van der Waals surface area contributed by atoms with Crippen LogP contribution in [0.2, 0.25) is 0 Å². The summed E-state index contributed by atoms with van der Waals surface area (Å²) in [6, 6.07) is 35.6. The average Bonchev–Trinajstić information content (AvgIpc) is 3.27. The second kappa shape index (κ2) is 5.31. The van der Waals surface area contributed by atoms with Crippen molar-refractivity contribution in [3.05, 3.63) is 97.1 Å². The summed E-state index contributed by atoms with van der Waals surface area (Å²) in [7, 11) is 0. The van der Waals surface area contributed by atoms with Crippen molar-refractivity contribution in [3.63, 3.8) is 0 Å². The molecule has 0 aliphatic rings. The lowest BCUT2D eigenvalue weighted by Gasteiger charge is -2.16. The van der Waals surface area contributed by atoms with Crippen molar-refractivity contribution in [3.8, 4) is 0 Å². The second-order valence-corrected chi connectivity index (χ2v) is 9.23. The monoisotopic (exact) mass is 416 g/mol. The van der Waals surface area contributed by atoms with E-state index in [1.165, 1.54) is 75.7 Å². The maximum Gasteiger partial charge on any atom is 0.102 e. The Kier molecular flexibility index (Phi) is 2.61. The van der Waals surface area contributed by atoms with Crippen LogP contribution >= 0.6 is 0 Å². The molecule has 2 nitrogen and oxygen atoms in total. The summed E-state index contributed by atoms with van der Waals surface area (Å²) in [5, 5.41) is 20.7. The van der Waals surface area contributed by atoms with E-state index in [0.717, 1.165) is 5.52 Å². The van der Waals surface area contributed by atoms with Gasteiger partial charge < -0.3 is 0 Å². The molecule has 2 aromatic heterocycles. The molecule has 9 aromatic rings. The van der Waals surface area contributed by atoms with Crippen LogP contribution in [-0.4, -0.2) is 9.61 Å². The molecule has 0 fully saturated rings. The standard InChI is InChI=1S/C31H16N2/c1-3-7-21-17(5-1)15-19-9-11-24-25-12-10-20-16-18-6-2-4-8-22(18)30-28(20)31(25)33(32-30)26-14-13-23(21)27(19)29(24)26/h1-16H. The number of benzene rings is 7. The molecule has 0 aliphatic heterocycles. The number of fused-ring (bicyclic) bond motifs is 6. The molecule has 0 saturated heterocycles. The highest BCUT2D eigenvalue weighted by atomic mass is 15.2. The zero-order valence-corrected chi connectivity index (χ0v) is 17.6.